The van der Waals surface area contributed by atoms with Crippen LogP contribution >= 0.6 is 0 Å². The minimum Gasteiger partial charge on any atom is -0.342 e. The van der Waals surface area contributed by atoms with E-state index in [4.69, 9.17) is 0 Å². The molecule has 0 aromatic heterocycles. The van der Waals surface area contributed by atoms with E-state index < -0.39 is 0 Å². The summed E-state index contributed by atoms with van der Waals surface area (Å²) in [6.07, 6.45) is 0. The lowest BCUT2D eigenvalue weighted by atomic mass is 10.3. The second kappa shape index (κ2) is 19.0. The van der Waals surface area contributed by atoms with Crippen molar-refractivity contribution in [3.8, 4) is 0 Å². The van der Waals surface area contributed by atoms with Crippen molar-refractivity contribution in [2.75, 3.05) is 91.6 Å². The molecule has 0 bridgehead atoms. The Kier molecular flexibility index (Phi) is 17.8. The Labute approximate surface area is 219 Å². The fraction of sp³-hybridized carbons (Fsp3) is 0.846. The van der Waals surface area contributed by atoms with Crippen LogP contribution in [0.4, 0.5) is 0 Å². The van der Waals surface area contributed by atoms with Crippen LogP contribution in [-0.4, -0.2) is 145 Å². The van der Waals surface area contributed by atoms with E-state index in [1.807, 2.05) is 65.2 Å². The molecule has 10 nitrogen and oxygen atoms in total. The highest BCUT2D eigenvalue weighted by molar-refractivity contribution is 5.82. The molecular weight excluding hydrogens is 460 g/mol. The van der Waals surface area contributed by atoms with Crippen LogP contribution in [0.2, 0.25) is 0 Å². The highest BCUT2D eigenvalue weighted by Crippen LogP contribution is 2.03. The molecular formula is C26H52N6O4. The molecule has 0 aliphatic carbocycles. The van der Waals surface area contributed by atoms with E-state index >= 15 is 0 Å². The fourth-order valence-corrected chi connectivity index (χ4v) is 4.18. The minimum atomic E-state index is -0.0302. The summed E-state index contributed by atoms with van der Waals surface area (Å²) in [7, 11) is 0. The van der Waals surface area contributed by atoms with E-state index in [9.17, 15) is 19.2 Å². The van der Waals surface area contributed by atoms with Gasteiger partial charge in [-0.25, -0.2) is 0 Å². The van der Waals surface area contributed by atoms with Crippen molar-refractivity contribution in [2.45, 2.75) is 55.4 Å². The molecule has 0 aliphatic heterocycles. The second-order valence-corrected chi connectivity index (χ2v) is 8.69. The molecule has 0 aliphatic rings. The van der Waals surface area contributed by atoms with Crippen LogP contribution in [0.25, 0.3) is 0 Å². The predicted molar refractivity (Wildman–Crippen MR) is 145 cm³/mol. The van der Waals surface area contributed by atoms with Gasteiger partial charge in [-0.15, -0.1) is 0 Å². The number of likely N-dealkylation sites (N-methyl/N-ethyl adjacent to an activating group) is 4. The van der Waals surface area contributed by atoms with Crippen LogP contribution in [0.15, 0.2) is 0 Å². The van der Waals surface area contributed by atoms with Gasteiger partial charge in [0.05, 0.1) is 26.2 Å². The zero-order valence-electron chi connectivity index (χ0n) is 24.2. The summed E-state index contributed by atoms with van der Waals surface area (Å²) >= 11 is 0. The van der Waals surface area contributed by atoms with Gasteiger partial charge in [-0.1, -0.05) is 0 Å². The van der Waals surface area contributed by atoms with Gasteiger partial charge in [-0.05, 0) is 55.4 Å². The molecule has 0 aromatic carbocycles. The van der Waals surface area contributed by atoms with E-state index in [0.29, 0.717) is 65.4 Å². The van der Waals surface area contributed by atoms with E-state index in [1.165, 1.54) is 0 Å². The molecule has 0 heterocycles. The van der Waals surface area contributed by atoms with Crippen molar-refractivity contribution in [1.82, 2.24) is 29.4 Å². The van der Waals surface area contributed by atoms with Crippen LogP contribution in [0.5, 0.6) is 0 Å². The Hall–Kier alpha value is -2.20. The maximum Gasteiger partial charge on any atom is 0.236 e. The molecule has 0 aromatic rings. The molecule has 0 spiro atoms. The van der Waals surface area contributed by atoms with Crippen molar-refractivity contribution in [3.63, 3.8) is 0 Å². The van der Waals surface area contributed by atoms with Gasteiger partial charge in [0, 0.05) is 65.4 Å². The molecule has 0 fully saturated rings. The number of hydrogen-bond donors (Lipinski definition) is 0. The third-order valence-electron chi connectivity index (χ3n) is 6.63. The van der Waals surface area contributed by atoms with E-state index in [2.05, 4.69) is 0 Å². The quantitative estimate of drug-likeness (QED) is 0.257. The van der Waals surface area contributed by atoms with Gasteiger partial charge in [-0.2, -0.15) is 0 Å². The Morgan fingerprint density at radius 1 is 0.361 bits per heavy atom. The first-order valence-electron chi connectivity index (χ1n) is 13.7. The van der Waals surface area contributed by atoms with Crippen molar-refractivity contribution in [3.05, 3.63) is 0 Å². The van der Waals surface area contributed by atoms with Crippen molar-refractivity contribution in [2.24, 2.45) is 0 Å². The largest absolute Gasteiger partial charge is 0.342 e. The molecule has 0 radical (unpaired) electrons. The molecule has 0 saturated carbocycles. The SMILES string of the molecule is CCN(CC)C(=O)CN(CCN(CC(=O)N(CC)CC)CC(=O)N(CC)CC)CC(=O)N(CC)CC. The van der Waals surface area contributed by atoms with Gasteiger partial charge >= 0.3 is 0 Å². The number of carbonyl (C=O) groups is 4. The molecule has 36 heavy (non-hydrogen) atoms. The number of amides is 4. The van der Waals surface area contributed by atoms with Crippen LogP contribution in [0.1, 0.15) is 55.4 Å². The monoisotopic (exact) mass is 512 g/mol. The summed E-state index contributed by atoms with van der Waals surface area (Å²) in [4.78, 5) is 62.2. The van der Waals surface area contributed by atoms with E-state index in [-0.39, 0.29) is 49.8 Å². The number of nitrogens with zero attached hydrogens (tertiary/aromatic N) is 6. The molecule has 10 heteroatoms. The standard InChI is InChI=1S/C26H52N6O4/c1-9-29(10-2)23(33)19-27(20-24(34)30(11-3)12-4)17-18-28(21-25(35)31(13-5)14-6)22-26(36)32(15-7)16-8/h9-22H2,1-8H3. The smallest absolute Gasteiger partial charge is 0.236 e. The lowest BCUT2D eigenvalue weighted by Gasteiger charge is -2.31. The first-order chi connectivity index (χ1) is 17.1. The maximum absolute atomic E-state index is 12.9. The first-order valence-corrected chi connectivity index (χ1v) is 13.7. The maximum atomic E-state index is 12.9. The zero-order valence-corrected chi connectivity index (χ0v) is 24.2. The Bertz CT molecular complexity index is 551. The van der Waals surface area contributed by atoms with Gasteiger partial charge in [0.15, 0.2) is 0 Å². The van der Waals surface area contributed by atoms with Crippen LogP contribution in [-0.2, 0) is 19.2 Å². The third-order valence-corrected chi connectivity index (χ3v) is 6.63. The highest BCUT2D eigenvalue weighted by Gasteiger charge is 2.24. The Morgan fingerprint density at radius 2 is 0.528 bits per heavy atom. The summed E-state index contributed by atoms with van der Waals surface area (Å²) in [6.45, 7) is 21.6. The Balaban J connectivity index is 5.70. The number of hydrogen-bond acceptors (Lipinski definition) is 6. The molecule has 0 atom stereocenters. The molecule has 0 N–H and O–H groups in total. The van der Waals surface area contributed by atoms with Gasteiger partial charge in [0.2, 0.25) is 23.6 Å². The summed E-state index contributed by atoms with van der Waals surface area (Å²) < 4.78 is 0. The van der Waals surface area contributed by atoms with Gasteiger partial charge in [0.1, 0.15) is 0 Å². The first kappa shape index (κ1) is 33.8. The lowest BCUT2D eigenvalue weighted by Crippen LogP contribution is -2.50. The normalized spacial score (nSPS) is 11.1. The minimum absolute atomic E-state index is 0.0302. The average Bonchev–Trinajstić information content (AvgIpc) is 2.85. The summed E-state index contributed by atoms with van der Waals surface area (Å²) in [6, 6.07) is 0. The topological polar surface area (TPSA) is 87.7 Å². The van der Waals surface area contributed by atoms with Crippen LogP contribution in [0.3, 0.4) is 0 Å². The molecule has 0 unspecified atom stereocenters. The second-order valence-electron chi connectivity index (χ2n) is 8.69. The molecule has 4 amide bonds. The predicted octanol–water partition coefficient (Wildman–Crippen LogP) is 1.06. The summed E-state index contributed by atoms with van der Waals surface area (Å²) in [5.74, 6) is -0.121. The summed E-state index contributed by atoms with van der Waals surface area (Å²) in [5, 5.41) is 0. The highest BCUT2D eigenvalue weighted by atomic mass is 16.2. The van der Waals surface area contributed by atoms with Gasteiger partial charge in [0.25, 0.3) is 0 Å². The Morgan fingerprint density at radius 3 is 0.667 bits per heavy atom. The van der Waals surface area contributed by atoms with E-state index in [0.717, 1.165) is 0 Å². The van der Waals surface area contributed by atoms with Gasteiger partial charge < -0.3 is 19.6 Å². The molecule has 0 rings (SSSR count). The fourth-order valence-electron chi connectivity index (χ4n) is 4.18. The van der Waals surface area contributed by atoms with Crippen molar-refractivity contribution in [1.29, 1.82) is 0 Å². The molecule has 210 valence electrons. The van der Waals surface area contributed by atoms with Gasteiger partial charge in [-0.3, -0.25) is 29.0 Å². The van der Waals surface area contributed by atoms with Crippen LogP contribution in [0, 0.1) is 0 Å². The lowest BCUT2D eigenvalue weighted by molar-refractivity contribution is -0.138. The van der Waals surface area contributed by atoms with Crippen molar-refractivity contribution < 1.29 is 19.2 Å². The average molecular weight is 513 g/mol. The number of carbonyl (C=O) groups excluding carboxylic acids is 4. The van der Waals surface area contributed by atoms with Crippen LogP contribution < -0.4 is 0 Å². The summed E-state index contributed by atoms with van der Waals surface area (Å²) in [5.41, 5.74) is 0. The zero-order chi connectivity index (χ0) is 27.7. The molecule has 0 saturated heterocycles. The number of rotatable bonds is 19. The third kappa shape index (κ3) is 11.7. The van der Waals surface area contributed by atoms with E-state index in [1.54, 1.807) is 19.6 Å². The van der Waals surface area contributed by atoms with Crippen molar-refractivity contribution >= 4 is 23.6 Å².